The number of benzene rings is 2. The Morgan fingerprint density at radius 3 is 2.39 bits per heavy atom. The molecule has 8 nitrogen and oxygen atoms in total. The molecular formula is C25H25N3O5. The van der Waals surface area contributed by atoms with Crippen molar-refractivity contribution in [3.05, 3.63) is 66.2 Å². The number of anilines is 1. The van der Waals surface area contributed by atoms with Crippen molar-refractivity contribution in [2.45, 2.75) is 32.1 Å². The Morgan fingerprint density at radius 1 is 0.909 bits per heavy atom. The van der Waals surface area contributed by atoms with Gasteiger partial charge >= 0.3 is 17.8 Å². The van der Waals surface area contributed by atoms with Crippen LogP contribution in [0.5, 0.6) is 11.5 Å². The van der Waals surface area contributed by atoms with E-state index in [1.807, 2.05) is 18.2 Å². The van der Waals surface area contributed by atoms with Crippen LogP contribution in [-0.2, 0) is 14.4 Å². The minimum Gasteiger partial charge on any atom is -0.455 e. The topological polar surface area (TPSA) is 96.0 Å². The average Bonchev–Trinajstić information content (AvgIpc) is 3.03. The van der Waals surface area contributed by atoms with E-state index in [1.54, 1.807) is 36.4 Å². The maximum Gasteiger partial charge on any atom is 0.334 e. The predicted molar refractivity (Wildman–Crippen MR) is 122 cm³/mol. The van der Waals surface area contributed by atoms with Gasteiger partial charge in [-0.1, -0.05) is 42.0 Å². The highest BCUT2D eigenvalue weighted by molar-refractivity contribution is 6.45. The summed E-state index contributed by atoms with van der Waals surface area (Å²) in [7, 11) is 0. The summed E-state index contributed by atoms with van der Waals surface area (Å²) < 4.78 is 5.82. The van der Waals surface area contributed by atoms with Gasteiger partial charge in [-0.15, -0.1) is 0 Å². The first-order chi connectivity index (χ1) is 16.0. The number of allylic oxidation sites excluding steroid dienone is 1. The van der Waals surface area contributed by atoms with Gasteiger partial charge in [-0.05, 0) is 56.4 Å². The number of hydrogen-bond acceptors (Lipinski definition) is 5. The largest absolute Gasteiger partial charge is 0.455 e. The van der Waals surface area contributed by atoms with Gasteiger partial charge in [-0.3, -0.25) is 19.3 Å². The Hall–Kier alpha value is -3.94. The highest BCUT2D eigenvalue weighted by Crippen LogP contribution is 2.29. The summed E-state index contributed by atoms with van der Waals surface area (Å²) in [6.45, 7) is -0.413. The summed E-state index contributed by atoms with van der Waals surface area (Å²) in [4.78, 5) is 51.6. The van der Waals surface area contributed by atoms with E-state index in [9.17, 15) is 19.2 Å². The third kappa shape index (κ3) is 5.28. The number of hydrogen-bond donors (Lipinski definition) is 1. The summed E-state index contributed by atoms with van der Waals surface area (Å²) in [6, 6.07) is 15.2. The van der Waals surface area contributed by atoms with Crippen LogP contribution in [0.1, 0.15) is 32.1 Å². The fourth-order valence-electron chi connectivity index (χ4n) is 3.88. The number of carbonyl (C=O) groups is 4. The number of rotatable bonds is 8. The summed E-state index contributed by atoms with van der Waals surface area (Å²) in [6.07, 6.45) is 6.87. The molecule has 0 aromatic heterocycles. The Kier molecular flexibility index (Phi) is 6.83. The van der Waals surface area contributed by atoms with E-state index in [-0.39, 0.29) is 6.54 Å². The van der Waals surface area contributed by atoms with Crippen LogP contribution in [0.25, 0.3) is 0 Å². The van der Waals surface area contributed by atoms with Gasteiger partial charge in [0.05, 0.1) is 5.69 Å². The van der Waals surface area contributed by atoms with Crippen LogP contribution < -0.4 is 10.1 Å². The second kappa shape index (κ2) is 10.1. The second-order valence-corrected chi connectivity index (χ2v) is 7.95. The fourth-order valence-corrected chi connectivity index (χ4v) is 3.88. The van der Waals surface area contributed by atoms with Gasteiger partial charge < -0.3 is 10.1 Å². The lowest BCUT2D eigenvalue weighted by atomic mass is 9.97. The van der Waals surface area contributed by atoms with Crippen molar-refractivity contribution in [2.75, 3.05) is 18.4 Å². The summed E-state index contributed by atoms with van der Waals surface area (Å²) >= 11 is 0. The molecule has 1 fully saturated rings. The van der Waals surface area contributed by atoms with Crippen LogP contribution in [0.4, 0.5) is 10.5 Å². The maximum absolute atomic E-state index is 12.7. The van der Waals surface area contributed by atoms with Crippen molar-refractivity contribution in [3.8, 4) is 11.5 Å². The van der Waals surface area contributed by atoms with Gasteiger partial charge in [0.15, 0.2) is 5.75 Å². The van der Waals surface area contributed by atoms with Crippen LogP contribution >= 0.6 is 0 Å². The Labute approximate surface area is 191 Å². The molecule has 1 saturated heterocycles. The van der Waals surface area contributed by atoms with E-state index in [0.717, 1.165) is 30.6 Å². The van der Waals surface area contributed by atoms with Gasteiger partial charge in [-0.25, -0.2) is 9.69 Å². The Morgan fingerprint density at radius 2 is 1.64 bits per heavy atom. The molecule has 0 saturated carbocycles. The van der Waals surface area contributed by atoms with Gasteiger partial charge in [0, 0.05) is 6.54 Å². The summed E-state index contributed by atoms with van der Waals surface area (Å²) in [5.74, 6) is -1.47. The van der Waals surface area contributed by atoms with Crippen molar-refractivity contribution in [2.24, 2.45) is 0 Å². The standard InChI is InChI=1S/C25H25N3O5/c29-22(26-20-13-7-8-14-21(20)33-19-11-5-2-6-12-19)17-28-24(31)23(30)27(25(28)32)16-15-18-9-3-1-4-10-18/h2,5-9,11-14H,1,3-4,10,15-17H2,(H,26,29). The monoisotopic (exact) mass is 447 g/mol. The van der Waals surface area contributed by atoms with Gasteiger partial charge in [0.1, 0.15) is 12.3 Å². The third-order valence-corrected chi connectivity index (χ3v) is 5.61. The predicted octanol–water partition coefficient (Wildman–Crippen LogP) is 4.10. The van der Waals surface area contributed by atoms with Crippen molar-refractivity contribution in [3.63, 3.8) is 0 Å². The average molecular weight is 447 g/mol. The van der Waals surface area contributed by atoms with E-state index >= 15 is 0 Å². The van der Waals surface area contributed by atoms with Crippen molar-refractivity contribution in [1.82, 2.24) is 9.80 Å². The molecule has 2 aromatic carbocycles. The van der Waals surface area contributed by atoms with Crippen LogP contribution in [0, 0.1) is 0 Å². The van der Waals surface area contributed by atoms with E-state index in [1.165, 1.54) is 5.57 Å². The quantitative estimate of drug-likeness (QED) is 0.373. The van der Waals surface area contributed by atoms with E-state index in [0.29, 0.717) is 28.5 Å². The minimum absolute atomic E-state index is 0.140. The van der Waals surface area contributed by atoms with Crippen LogP contribution in [0.2, 0.25) is 0 Å². The molecule has 1 aliphatic heterocycles. The van der Waals surface area contributed by atoms with Gasteiger partial charge in [0.25, 0.3) is 0 Å². The van der Waals surface area contributed by atoms with E-state index in [2.05, 4.69) is 11.4 Å². The zero-order valence-electron chi connectivity index (χ0n) is 18.2. The number of amides is 5. The molecule has 170 valence electrons. The number of nitrogens with zero attached hydrogens (tertiary/aromatic N) is 2. The minimum atomic E-state index is -0.985. The number of urea groups is 1. The SMILES string of the molecule is O=C(CN1C(=O)C(=O)N(CCC2=CCCCC2)C1=O)Nc1ccccc1Oc1ccccc1. The molecule has 5 amide bonds. The lowest BCUT2D eigenvalue weighted by molar-refractivity contribution is -0.143. The molecule has 1 aliphatic carbocycles. The molecular weight excluding hydrogens is 422 g/mol. The van der Waals surface area contributed by atoms with Crippen LogP contribution in [0.3, 0.4) is 0 Å². The smallest absolute Gasteiger partial charge is 0.334 e. The Bertz CT molecular complexity index is 1100. The van der Waals surface area contributed by atoms with Gasteiger partial charge in [0.2, 0.25) is 5.91 Å². The fraction of sp³-hybridized carbons (Fsp3) is 0.280. The lowest BCUT2D eigenvalue weighted by Gasteiger charge is -2.18. The number of ether oxygens (including phenoxy) is 1. The summed E-state index contributed by atoms with van der Waals surface area (Å²) in [5, 5.41) is 2.66. The van der Waals surface area contributed by atoms with E-state index < -0.39 is 30.3 Å². The van der Waals surface area contributed by atoms with Crippen LogP contribution in [-0.4, -0.2) is 46.6 Å². The molecule has 33 heavy (non-hydrogen) atoms. The lowest BCUT2D eigenvalue weighted by Crippen LogP contribution is -2.39. The zero-order chi connectivity index (χ0) is 23.2. The summed E-state index contributed by atoms with van der Waals surface area (Å²) in [5.41, 5.74) is 1.58. The molecule has 1 heterocycles. The molecule has 2 aliphatic rings. The zero-order valence-corrected chi connectivity index (χ0v) is 18.2. The Balaban J connectivity index is 1.38. The first kappa shape index (κ1) is 22.3. The van der Waals surface area contributed by atoms with Crippen molar-refractivity contribution in [1.29, 1.82) is 0 Å². The van der Waals surface area contributed by atoms with Crippen molar-refractivity contribution >= 4 is 29.4 Å². The second-order valence-electron chi connectivity index (χ2n) is 7.95. The molecule has 1 N–H and O–H groups in total. The van der Waals surface area contributed by atoms with Crippen molar-refractivity contribution < 1.29 is 23.9 Å². The molecule has 0 spiro atoms. The molecule has 8 heteroatoms. The molecule has 0 radical (unpaired) electrons. The number of para-hydroxylation sites is 3. The molecule has 0 unspecified atom stereocenters. The highest BCUT2D eigenvalue weighted by atomic mass is 16.5. The van der Waals surface area contributed by atoms with Crippen LogP contribution in [0.15, 0.2) is 66.2 Å². The molecule has 0 atom stereocenters. The normalized spacial score (nSPS) is 16.1. The highest BCUT2D eigenvalue weighted by Gasteiger charge is 2.44. The molecule has 0 bridgehead atoms. The van der Waals surface area contributed by atoms with Gasteiger partial charge in [-0.2, -0.15) is 0 Å². The third-order valence-electron chi connectivity index (χ3n) is 5.61. The first-order valence-corrected chi connectivity index (χ1v) is 11.0. The number of nitrogens with one attached hydrogen (secondary N) is 1. The maximum atomic E-state index is 12.7. The number of carbonyl (C=O) groups excluding carboxylic acids is 4. The van der Waals surface area contributed by atoms with E-state index in [4.69, 9.17) is 4.74 Å². The molecule has 4 rings (SSSR count). The number of imide groups is 2. The molecule has 2 aromatic rings. The first-order valence-electron chi connectivity index (χ1n) is 11.0.